The Morgan fingerprint density at radius 1 is 1.14 bits per heavy atom. The Kier molecular flexibility index (Phi) is 7.51. The molecule has 1 fully saturated rings. The molecule has 0 bridgehead atoms. The molecule has 1 aromatic heterocycles. The van der Waals surface area contributed by atoms with Crippen molar-refractivity contribution in [2.24, 2.45) is 11.8 Å². The number of piperidine rings is 1. The number of aryl methyl sites for hydroxylation is 1. The van der Waals surface area contributed by atoms with E-state index in [0.29, 0.717) is 61.3 Å². The van der Waals surface area contributed by atoms with Gasteiger partial charge in [-0.05, 0) is 31.7 Å². The molecule has 1 N–H and O–H groups in total. The van der Waals surface area contributed by atoms with E-state index in [2.05, 4.69) is 5.32 Å². The number of pyridine rings is 1. The first-order valence-electron chi connectivity index (χ1n) is 12.4. The van der Waals surface area contributed by atoms with Gasteiger partial charge in [0.2, 0.25) is 18.1 Å². The first-order chi connectivity index (χ1) is 17.3. The second-order valence-corrected chi connectivity index (χ2v) is 9.34. The molecule has 3 heterocycles. The highest BCUT2D eigenvalue weighted by atomic mass is 16.7. The molecular weight excluding hydrogens is 466 g/mol. The molecule has 10 heteroatoms. The lowest BCUT2D eigenvalue weighted by molar-refractivity contribution is -0.149. The molecule has 194 valence electrons. The zero-order valence-electron chi connectivity index (χ0n) is 21.2. The van der Waals surface area contributed by atoms with Crippen LogP contribution in [0, 0.1) is 11.8 Å². The summed E-state index contributed by atoms with van der Waals surface area (Å²) in [5.74, 6) is -0.424. The van der Waals surface area contributed by atoms with Crippen LogP contribution in [0.5, 0.6) is 11.5 Å². The van der Waals surface area contributed by atoms with Gasteiger partial charge in [0, 0.05) is 31.9 Å². The predicted octanol–water partition coefficient (Wildman–Crippen LogP) is 2.31. The van der Waals surface area contributed by atoms with Crippen molar-refractivity contribution in [2.75, 3.05) is 27.0 Å². The van der Waals surface area contributed by atoms with Crippen molar-refractivity contribution in [1.82, 2.24) is 14.8 Å². The van der Waals surface area contributed by atoms with Gasteiger partial charge in [0.25, 0.3) is 5.91 Å². The Labute approximate surface area is 209 Å². The van der Waals surface area contributed by atoms with Crippen molar-refractivity contribution < 1.29 is 28.6 Å². The molecule has 4 rings (SSSR count). The summed E-state index contributed by atoms with van der Waals surface area (Å²) in [5.41, 5.74) is 0.180. The first-order valence-corrected chi connectivity index (χ1v) is 12.4. The molecule has 10 nitrogen and oxygen atoms in total. The van der Waals surface area contributed by atoms with Gasteiger partial charge in [0.1, 0.15) is 11.6 Å². The van der Waals surface area contributed by atoms with Crippen LogP contribution in [-0.4, -0.2) is 60.3 Å². The minimum absolute atomic E-state index is 0.0336. The van der Waals surface area contributed by atoms with Gasteiger partial charge in [-0.3, -0.25) is 19.2 Å². The molecular formula is C26H33N3O7. The number of likely N-dealkylation sites (tertiary alicyclic amines) is 1. The molecule has 2 amide bonds. The highest BCUT2D eigenvalue weighted by Crippen LogP contribution is 2.35. The maximum Gasteiger partial charge on any atom is 0.308 e. The molecule has 0 spiro atoms. The Bertz CT molecular complexity index is 1230. The number of carbonyl (C=O) groups is 3. The number of ether oxygens (including phenoxy) is 3. The summed E-state index contributed by atoms with van der Waals surface area (Å²) in [7, 11) is 1.36. The lowest BCUT2D eigenvalue weighted by Crippen LogP contribution is -2.54. The zero-order valence-corrected chi connectivity index (χ0v) is 21.2. The Balaban J connectivity index is 1.59. The SMILES string of the molecule is CCC(C)[C@@H](NC(=O)c1cn(CC)c2cc3c(cc2c1=O)OCO3)C(=O)N1CCC(C(=O)OC)CC1. The summed E-state index contributed by atoms with van der Waals surface area (Å²) in [5, 5.41) is 3.20. The van der Waals surface area contributed by atoms with E-state index >= 15 is 0 Å². The summed E-state index contributed by atoms with van der Waals surface area (Å²) >= 11 is 0. The topological polar surface area (TPSA) is 116 Å². The third-order valence-electron chi connectivity index (χ3n) is 7.27. The van der Waals surface area contributed by atoms with E-state index in [0.717, 1.165) is 0 Å². The van der Waals surface area contributed by atoms with Gasteiger partial charge in [-0.1, -0.05) is 20.3 Å². The van der Waals surface area contributed by atoms with Gasteiger partial charge in [0.05, 0.1) is 23.9 Å². The quantitative estimate of drug-likeness (QED) is 0.581. The summed E-state index contributed by atoms with van der Waals surface area (Å²) in [6.07, 6.45) is 3.22. The van der Waals surface area contributed by atoms with Crippen molar-refractivity contribution in [1.29, 1.82) is 0 Å². The molecule has 0 saturated carbocycles. The van der Waals surface area contributed by atoms with Crippen molar-refractivity contribution >= 4 is 28.7 Å². The lowest BCUT2D eigenvalue weighted by Gasteiger charge is -2.35. The average molecular weight is 500 g/mol. The van der Waals surface area contributed by atoms with Crippen LogP contribution in [0.2, 0.25) is 0 Å². The van der Waals surface area contributed by atoms with Crippen LogP contribution in [0.4, 0.5) is 0 Å². The maximum atomic E-state index is 13.4. The Morgan fingerprint density at radius 3 is 2.42 bits per heavy atom. The number of methoxy groups -OCH3 is 1. The van der Waals surface area contributed by atoms with E-state index in [1.54, 1.807) is 17.0 Å². The number of nitrogens with zero attached hydrogens (tertiary/aromatic N) is 2. The van der Waals surface area contributed by atoms with Crippen LogP contribution >= 0.6 is 0 Å². The molecule has 2 aromatic rings. The lowest BCUT2D eigenvalue weighted by atomic mass is 9.93. The highest BCUT2D eigenvalue weighted by Gasteiger charge is 2.34. The fourth-order valence-electron chi connectivity index (χ4n) is 4.80. The van der Waals surface area contributed by atoms with Gasteiger partial charge in [0.15, 0.2) is 11.5 Å². The number of nitrogens with one attached hydrogen (secondary N) is 1. The van der Waals surface area contributed by atoms with E-state index in [1.807, 2.05) is 25.3 Å². The average Bonchev–Trinajstić information content (AvgIpc) is 3.37. The molecule has 36 heavy (non-hydrogen) atoms. The van der Waals surface area contributed by atoms with Gasteiger partial charge >= 0.3 is 5.97 Å². The molecule has 0 radical (unpaired) electrons. The fraction of sp³-hybridized carbons (Fsp3) is 0.538. The molecule has 1 saturated heterocycles. The normalized spacial score (nSPS) is 17.1. The van der Waals surface area contributed by atoms with Crippen LogP contribution in [0.3, 0.4) is 0 Å². The molecule has 1 unspecified atom stereocenters. The van der Waals surface area contributed by atoms with Crippen molar-refractivity contribution in [3.63, 3.8) is 0 Å². The maximum absolute atomic E-state index is 13.4. The van der Waals surface area contributed by atoms with Crippen molar-refractivity contribution in [2.45, 2.75) is 52.6 Å². The van der Waals surface area contributed by atoms with Crippen molar-refractivity contribution in [3.05, 3.63) is 34.1 Å². The van der Waals surface area contributed by atoms with E-state index in [-0.39, 0.29) is 36.1 Å². The fourth-order valence-corrected chi connectivity index (χ4v) is 4.80. The molecule has 2 atom stereocenters. The van der Waals surface area contributed by atoms with Gasteiger partial charge in [-0.25, -0.2) is 0 Å². The van der Waals surface area contributed by atoms with Crippen LogP contribution < -0.4 is 20.2 Å². The summed E-state index contributed by atoms with van der Waals surface area (Å²) in [6.45, 7) is 7.19. The van der Waals surface area contributed by atoms with Crippen LogP contribution in [0.25, 0.3) is 10.9 Å². The number of carbonyl (C=O) groups excluding carboxylic acids is 3. The number of hydrogen-bond donors (Lipinski definition) is 1. The van der Waals surface area contributed by atoms with E-state index < -0.39 is 17.4 Å². The molecule has 1 aromatic carbocycles. The Morgan fingerprint density at radius 2 is 1.81 bits per heavy atom. The summed E-state index contributed by atoms with van der Waals surface area (Å²) in [6, 6.07) is 2.55. The van der Waals surface area contributed by atoms with Crippen LogP contribution in [-0.2, 0) is 20.9 Å². The van der Waals surface area contributed by atoms with Gasteiger partial charge in [-0.2, -0.15) is 0 Å². The minimum atomic E-state index is -0.792. The monoisotopic (exact) mass is 499 g/mol. The van der Waals surface area contributed by atoms with E-state index in [9.17, 15) is 19.2 Å². The minimum Gasteiger partial charge on any atom is -0.469 e. The predicted molar refractivity (Wildman–Crippen MR) is 132 cm³/mol. The smallest absolute Gasteiger partial charge is 0.308 e. The number of esters is 1. The number of benzene rings is 1. The Hall–Kier alpha value is -3.56. The van der Waals surface area contributed by atoms with E-state index in [4.69, 9.17) is 14.2 Å². The third-order valence-corrected chi connectivity index (χ3v) is 7.27. The third kappa shape index (κ3) is 4.76. The first kappa shape index (κ1) is 25.5. The number of fused-ring (bicyclic) bond motifs is 2. The van der Waals surface area contributed by atoms with Crippen LogP contribution in [0.15, 0.2) is 23.1 Å². The molecule has 2 aliphatic heterocycles. The molecule has 2 aliphatic rings. The zero-order chi connectivity index (χ0) is 26.0. The second kappa shape index (κ2) is 10.6. The highest BCUT2D eigenvalue weighted by molar-refractivity contribution is 6.00. The van der Waals surface area contributed by atoms with Crippen LogP contribution in [0.1, 0.15) is 50.4 Å². The number of hydrogen-bond acceptors (Lipinski definition) is 7. The van der Waals surface area contributed by atoms with Crippen molar-refractivity contribution in [3.8, 4) is 11.5 Å². The number of amides is 2. The summed E-state index contributed by atoms with van der Waals surface area (Å²) < 4.78 is 17.5. The second-order valence-electron chi connectivity index (χ2n) is 9.34. The van der Waals surface area contributed by atoms with Gasteiger partial charge in [-0.15, -0.1) is 0 Å². The number of rotatable bonds is 7. The summed E-state index contributed by atoms with van der Waals surface area (Å²) in [4.78, 5) is 53.7. The number of aromatic nitrogens is 1. The molecule has 0 aliphatic carbocycles. The largest absolute Gasteiger partial charge is 0.469 e. The van der Waals surface area contributed by atoms with Gasteiger partial charge < -0.3 is 29.0 Å². The standard InChI is InChI=1S/C26H33N3O7/c1-5-15(3)22(25(32)29-9-7-16(8-10-29)26(33)34-4)27-24(31)18-13-28(6-2)19-12-21-20(35-14-36-21)11-17(19)23(18)30/h11-13,15-16,22H,5-10,14H2,1-4H3,(H,27,31)/t15?,22-/m1/s1. The van der Waals surface area contributed by atoms with E-state index in [1.165, 1.54) is 13.3 Å².